The van der Waals surface area contributed by atoms with Crippen molar-refractivity contribution in [1.82, 2.24) is 0 Å². The Hall–Kier alpha value is -3.34. The van der Waals surface area contributed by atoms with Gasteiger partial charge in [-0.2, -0.15) is 0 Å². The molecule has 0 aliphatic carbocycles. The van der Waals surface area contributed by atoms with Gasteiger partial charge in [0.2, 0.25) is 0 Å². The lowest BCUT2D eigenvalue weighted by atomic mass is 10.2. The Kier molecular flexibility index (Phi) is 4.94. The normalized spacial score (nSPS) is 10.4. The van der Waals surface area contributed by atoms with Crippen LogP contribution in [0.2, 0.25) is 0 Å². The van der Waals surface area contributed by atoms with Gasteiger partial charge in [-0.1, -0.05) is 24.8 Å². The molecule has 0 radical (unpaired) electrons. The summed E-state index contributed by atoms with van der Waals surface area (Å²) >= 11 is 0. The van der Waals surface area contributed by atoms with Crippen molar-refractivity contribution in [2.75, 3.05) is 0 Å². The highest BCUT2D eigenvalue weighted by Gasteiger charge is 2.11. The van der Waals surface area contributed by atoms with Crippen LogP contribution in [0.5, 0.6) is 11.5 Å². The first kappa shape index (κ1) is 16.0. The summed E-state index contributed by atoms with van der Waals surface area (Å²) in [5.74, 6) is -0.296. The van der Waals surface area contributed by atoms with Crippen LogP contribution in [0, 0.1) is 0 Å². The van der Waals surface area contributed by atoms with Gasteiger partial charge in [0.05, 0.1) is 5.56 Å². The van der Waals surface area contributed by atoms with Crippen molar-refractivity contribution < 1.29 is 19.7 Å². The number of phenolic OH excluding ortho intramolecular Hbond substituents is 1. The van der Waals surface area contributed by atoms with E-state index in [1.807, 2.05) is 0 Å². The number of benzene rings is 2. The first-order chi connectivity index (χ1) is 11.0. The molecule has 0 saturated heterocycles. The van der Waals surface area contributed by atoms with Gasteiger partial charge in [0.1, 0.15) is 22.9 Å². The van der Waals surface area contributed by atoms with Gasteiger partial charge in [0.25, 0.3) is 0 Å². The fraction of sp³-hybridized carbons (Fsp3) is 0. The summed E-state index contributed by atoms with van der Waals surface area (Å²) in [6.07, 6.45) is 3.14. The molecule has 5 heteroatoms. The maximum absolute atomic E-state index is 12.1. The molecule has 0 aliphatic rings. The molecule has 116 valence electrons. The zero-order chi connectivity index (χ0) is 16.8. The molecule has 2 aromatic carbocycles. The number of rotatable bonds is 5. The topological polar surface area (TPSA) is 79.1 Å². The minimum atomic E-state index is -0.568. The summed E-state index contributed by atoms with van der Waals surface area (Å²) in [7, 11) is 0. The lowest BCUT2D eigenvalue weighted by molar-refractivity contribution is 0.0735. The van der Waals surface area contributed by atoms with E-state index in [1.54, 1.807) is 30.3 Å². The van der Waals surface area contributed by atoms with Gasteiger partial charge in [0, 0.05) is 0 Å². The molecule has 2 N–H and O–H groups in total. The van der Waals surface area contributed by atoms with E-state index in [1.165, 1.54) is 24.3 Å². The smallest absolute Gasteiger partial charge is 0.343 e. The third kappa shape index (κ3) is 4.31. The first-order valence-electron chi connectivity index (χ1n) is 6.67. The average Bonchev–Trinajstić information content (AvgIpc) is 2.54. The largest absolute Gasteiger partial charge is 0.509 e. The van der Waals surface area contributed by atoms with Gasteiger partial charge >= 0.3 is 5.97 Å². The Labute approximate surface area is 133 Å². The quantitative estimate of drug-likeness (QED) is 0.287. The molecule has 0 bridgehead atoms. The number of aliphatic hydroxyl groups is 1. The van der Waals surface area contributed by atoms with Crippen LogP contribution < -0.4 is 4.74 Å². The van der Waals surface area contributed by atoms with Crippen LogP contribution in [-0.2, 0) is 0 Å². The van der Waals surface area contributed by atoms with E-state index in [0.29, 0.717) is 5.75 Å². The van der Waals surface area contributed by atoms with Crippen molar-refractivity contribution >= 4 is 24.5 Å². The number of allylic oxidation sites excluding steroid dienone is 1. The van der Waals surface area contributed by atoms with Crippen molar-refractivity contribution in [3.05, 3.63) is 72.0 Å². The van der Waals surface area contributed by atoms with Crippen molar-refractivity contribution in [2.45, 2.75) is 0 Å². The van der Waals surface area contributed by atoms with Gasteiger partial charge in [0.15, 0.2) is 0 Å². The molecule has 0 fully saturated rings. The number of aromatic hydroxyl groups is 1. The number of hydrogen-bond donors (Lipinski definition) is 2. The second-order valence-electron chi connectivity index (χ2n) is 4.64. The van der Waals surface area contributed by atoms with E-state index >= 15 is 0 Å². The zero-order valence-corrected chi connectivity index (χ0v) is 12.3. The summed E-state index contributed by atoms with van der Waals surface area (Å²) in [6, 6.07) is 10.9. The van der Waals surface area contributed by atoms with Crippen molar-refractivity contribution in [3.63, 3.8) is 0 Å². The van der Waals surface area contributed by atoms with E-state index in [4.69, 9.17) is 9.84 Å². The van der Waals surface area contributed by atoms with Gasteiger partial charge in [-0.15, -0.1) is 0 Å². The van der Waals surface area contributed by atoms with Crippen LogP contribution in [0.1, 0.15) is 15.9 Å². The molecule has 0 saturated carbocycles. The third-order valence-electron chi connectivity index (χ3n) is 2.94. The summed E-state index contributed by atoms with van der Waals surface area (Å²) in [4.78, 5) is 15.7. The number of ether oxygens (including phenoxy) is 1. The first-order valence-corrected chi connectivity index (χ1v) is 6.67. The molecule has 5 nitrogen and oxygen atoms in total. The van der Waals surface area contributed by atoms with Gasteiger partial charge in [-0.05, 0) is 48.7 Å². The third-order valence-corrected chi connectivity index (χ3v) is 2.94. The van der Waals surface area contributed by atoms with Gasteiger partial charge in [-0.25, -0.2) is 4.79 Å². The fourth-order valence-electron chi connectivity index (χ4n) is 1.78. The van der Waals surface area contributed by atoms with E-state index < -0.39 is 5.97 Å². The van der Waals surface area contributed by atoms with E-state index in [2.05, 4.69) is 18.3 Å². The molecular weight excluding hydrogens is 294 g/mol. The number of carbonyl (C=O) groups excluding carboxylic acids is 1. The Balaban J connectivity index is 2.11. The number of carbonyl (C=O) groups is 1. The standard InChI is InChI=1S/C18H15NO4/c1-12(20)3-4-13-5-8-15(9-6-13)23-18(22)14-7-10-17(21)16(11-14)19-2/h3-11,20-21H,1-2H2/b4-3-. The summed E-state index contributed by atoms with van der Waals surface area (Å²) in [5, 5.41) is 18.5. The lowest BCUT2D eigenvalue weighted by Crippen LogP contribution is -2.08. The predicted octanol–water partition coefficient (Wildman–Crippen LogP) is 4.03. The molecule has 0 spiro atoms. The van der Waals surface area contributed by atoms with Crippen molar-refractivity contribution in [1.29, 1.82) is 0 Å². The zero-order valence-electron chi connectivity index (χ0n) is 12.3. The number of phenols is 1. The van der Waals surface area contributed by atoms with Crippen LogP contribution >= 0.6 is 0 Å². The second-order valence-corrected chi connectivity index (χ2v) is 4.64. The van der Waals surface area contributed by atoms with Crippen LogP contribution in [0.15, 0.2) is 65.9 Å². The second kappa shape index (κ2) is 7.09. The highest BCUT2D eigenvalue weighted by molar-refractivity contribution is 5.92. The Morgan fingerprint density at radius 3 is 2.48 bits per heavy atom. The lowest BCUT2D eigenvalue weighted by Gasteiger charge is -2.06. The highest BCUT2D eigenvalue weighted by atomic mass is 16.5. The van der Waals surface area contributed by atoms with Crippen molar-refractivity contribution in [2.24, 2.45) is 4.99 Å². The van der Waals surface area contributed by atoms with Crippen LogP contribution in [0.3, 0.4) is 0 Å². The number of esters is 1. The number of hydrogen-bond acceptors (Lipinski definition) is 5. The summed E-state index contributed by atoms with van der Waals surface area (Å²) in [5.41, 5.74) is 1.29. The van der Waals surface area contributed by atoms with Gasteiger partial charge in [-0.3, -0.25) is 4.99 Å². The van der Waals surface area contributed by atoms with Crippen LogP contribution in [0.25, 0.3) is 6.08 Å². The van der Waals surface area contributed by atoms with Crippen LogP contribution in [0.4, 0.5) is 5.69 Å². The molecule has 2 rings (SSSR count). The van der Waals surface area contributed by atoms with E-state index in [9.17, 15) is 9.90 Å². The Bertz CT molecular complexity index is 776. The fourth-order valence-corrected chi connectivity index (χ4v) is 1.78. The van der Waals surface area contributed by atoms with Crippen LogP contribution in [-0.4, -0.2) is 22.9 Å². The molecule has 2 aromatic rings. The van der Waals surface area contributed by atoms with E-state index in [-0.39, 0.29) is 22.8 Å². The summed E-state index contributed by atoms with van der Waals surface area (Å²) < 4.78 is 5.25. The maximum Gasteiger partial charge on any atom is 0.343 e. The predicted molar refractivity (Wildman–Crippen MR) is 89.5 cm³/mol. The number of nitrogens with zero attached hydrogens (tertiary/aromatic N) is 1. The Morgan fingerprint density at radius 1 is 1.17 bits per heavy atom. The Morgan fingerprint density at radius 2 is 1.87 bits per heavy atom. The number of aliphatic hydroxyl groups excluding tert-OH is 1. The highest BCUT2D eigenvalue weighted by Crippen LogP contribution is 2.27. The molecule has 0 atom stereocenters. The minimum Gasteiger partial charge on any atom is -0.509 e. The molecule has 23 heavy (non-hydrogen) atoms. The average molecular weight is 309 g/mol. The monoisotopic (exact) mass is 309 g/mol. The summed E-state index contributed by atoms with van der Waals surface area (Å²) in [6.45, 7) is 6.67. The maximum atomic E-state index is 12.1. The van der Waals surface area contributed by atoms with Gasteiger partial charge < -0.3 is 14.9 Å². The molecule has 0 aromatic heterocycles. The number of aliphatic imine (C=N–C) groups is 1. The molecule has 0 unspecified atom stereocenters. The van der Waals surface area contributed by atoms with E-state index in [0.717, 1.165) is 5.56 Å². The molecule has 0 amide bonds. The van der Waals surface area contributed by atoms with Crippen molar-refractivity contribution in [3.8, 4) is 11.5 Å². The minimum absolute atomic E-state index is 0.0422. The SMILES string of the molecule is C=Nc1cc(C(=O)Oc2ccc(/C=C\C(=C)O)cc2)ccc1O. The molecule has 0 aliphatic heterocycles. The molecular formula is C18H15NO4. The molecule has 0 heterocycles.